The smallest absolute Gasteiger partial charge is 0.420 e. The molecule has 10 heteroatoms. The number of halogens is 4. The van der Waals surface area contributed by atoms with Gasteiger partial charge >= 0.3 is 6.18 Å². The van der Waals surface area contributed by atoms with E-state index in [2.05, 4.69) is 31.1 Å². The van der Waals surface area contributed by atoms with E-state index in [9.17, 15) is 18.3 Å². The van der Waals surface area contributed by atoms with Crippen LogP contribution < -0.4 is 0 Å². The van der Waals surface area contributed by atoms with Gasteiger partial charge in [-0.25, -0.2) is 4.98 Å². The molecule has 2 aromatic heterocycles. The molecule has 0 saturated heterocycles. The highest BCUT2D eigenvalue weighted by Gasteiger charge is 2.41. The fourth-order valence-corrected chi connectivity index (χ4v) is 4.18. The van der Waals surface area contributed by atoms with Gasteiger partial charge in [0, 0.05) is 10.2 Å². The van der Waals surface area contributed by atoms with Gasteiger partial charge in [0.25, 0.3) is 0 Å². The van der Waals surface area contributed by atoms with Gasteiger partial charge in [-0.15, -0.1) is 5.11 Å². The zero-order valence-corrected chi connectivity index (χ0v) is 17.2. The molecule has 0 bridgehead atoms. The molecule has 0 aliphatic carbocycles. The molecule has 5 nitrogen and oxygen atoms in total. The van der Waals surface area contributed by atoms with Crippen molar-refractivity contribution in [1.82, 2.24) is 9.55 Å². The lowest BCUT2D eigenvalue weighted by molar-refractivity contribution is -0.137. The minimum atomic E-state index is -4.72. The normalized spacial score (nSPS) is 12.3. The van der Waals surface area contributed by atoms with Gasteiger partial charge in [0.2, 0.25) is 5.88 Å². The number of fused-ring (bicyclic) bond motifs is 1. The lowest BCUT2D eigenvalue weighted by Gasteiger charge is -2.07. The molecule has 0 amide bonds. The van der Waals surface area contributed by atoms with Crippen molar-refractivity contribution < 1.29 is 18.3 Å². The summed E-state index contributed by atoms with van der Waals surface area (Å²) in [4.78, 5) is 4.35. The zero-order valence-electron chi connectivity index (χ0n) is 14.8. The van der Waals surface area contributed by atoms with Crippen LogP contribution in [0.2, 0.25) is 0 Å². The predicted octanol–water partition coefficient (Wildman–Crippen LogP) is 7.30. The van der Waals surface area contributed by atoms with Gasteiger partial charge in [-0.05, 0) is 43.3 Å². The third kappa shape index (κ3) is 3.65. The Morgan fingerprint density at radius 3 is 2.41 bits per heavy atom. The van der Waals surface area contributed by atoms with Crippen LogP contribution in [0, 0.1) is 6.92 Å². The maximum Gasteiger partial charge on any atom is 0.420 e. The van der Waals surface area contributed by atoms with Crippen molar-refractivity contribution >= 4 is 48.9 Å². The van der Waals surface area contributed by atoms with Crippen LogP contribution in [-0.2, 0) is 6.18 Å². The highest BCUT2D eigenvalue weighted by atomic mass is 79.9. The molecule has 0 saturated carbocycles. The molecule has 0 radical (unpaired) electrons. The summed E-state index contributed by atoms with van der Waals surface area (Å²) in [7, 11) is 0. The molecule has 0 aliphatic rings. The average molecular weight is 481 g/mol. The van der Waals surface area contributed by atoms with E-state index in [-0.39, 0.29) is 10.8 Å². The van der Waals surface area contributed by atoms with Gasteiger partial charge in [0.1, 0.15) is 5.56 Å². The number of thiazole rings is 1. The van der Waals surface area contributed by atoms with Gasteiger partial charge in [0.05, 0.1) is 15.9 Å². The van der Waals surface area contributed by atoms with Crippen molar-refractivity contribution in [3.05, 3.63) is 64.3 Å². The maximum absolute atomic E-state index is 13.8. The van der Waals surface area contributed by atoms with Crippen molar-refractivity contribution in [2.75, 3.05) is 0 Å². The van der Waals surface area contributed by atoms with E-state index in [4.69, 9.17) is 0 Å². The van der Waals surface area contributed by atoms with Gasteiger partial charge in [-0.2, -0.15) is 18.3 Å². The van der Waals surface area contributed by atoms with E-state index >= 15 is 0 Å². The summed E-state index contributed by atoms with van der Waals surface area (Å²) < 4.78 is 43.9. The minimum absolute atomic E-state index is 0.209. The van der Waals surface area contributed by atoms with Gasteiger partial charge in [-0.3, -0.25) is 4.57 Å². The topological polar surface area (TPSA) is 62.8 Å². The summed E-state index contributed by atoms with van der Waals surface area (Å²) in [5, 5.41) is 18.4. The number of aromatic hydroxyl groups is 1. The fraction of sp³-hybridized carbons (Fsp3) is 0.105. The molecule has 1 N–H and O–H groups in total. The monoisotopic (exact) mass is 480 g/mol. The van der Waals surface area contributed by atoms with E-state index < -0.39 is 23.3 Å². The highest BCUT2D eigenvalue weighted by molar-refractivity contribution is 9.10. The summed E-state index contributed by atoms with van der Waals surface area (Å²) in [6, 6.07) is 13.7. The lowest BCUT2D eigenvalue weighted by Crippen LogP contribution is -2.07. The highest BCUT2D eigenvalue weighted by Crippen LogP contribution is 2.48. The van der Waals surface area contributed by atoms with Crippen LogP contribution in [-0.4, -0.2) is 14.7 Å². The Hall–Kier alpha value is -2.72. The number of alkyl halides is 3. The summed E-state index contributed by atoms with van der Waals surface area (Å²) in [5.74, 6) is -0.658. The standard InChI is InChI=1S/C19H12BrF3N4OS/c1-10-15(19(21,22)23)16(26-25-12-8-6-11(20)7-9-12)17(28)27(10)18-24-13-4-2-3-5-14(13)29-18/h2-9,28H,1H3. The number of nitrogens with zero attached hydrogens (tertiary/aromatic N) is 4. The molecule has 4 aromatic rings. The largest absolute Gasteiger partial charge is 0.493 e. The molecular formula is C19H12BrF3N4OS. The molecule has 4 rings (SSSR count). The van der Waals surface area contributed by atoms with E-state index in [1.165, 1.54) is 18.3 Å². The Labute approximate surface area is 175 Å². The number of benzene rings is 2. The molecule has 0 spiro atoms. The van der Waals surface area contributed by atoms with Crippen molar-refractivity contribution in [3.8, 4) is 11.0 Å². The van der Waals surface area contributed by atoms with Crippen molar-refractivity contribution in [1.29, 1.82) is 0 Å². The summed E-state index contributed by atoms with van der Waals surface area (Å²) >= 11 is 4.45. The minimum Gasteiger partial charge on any atom is -0.493 e. The third-order valence-electron chi connectivity index (χ3n) is 4.21. The van der Waals surface area contributed by atoms with Crippen LogP contribution in [0.5, 0.6) is 5.88 Å². The second-order valence-electron chi connectivity index (χ2n) is 6.11. The molecule has 0 fully saturated rings. The number of aromatic nitrogens is 2. The molecule has 0 unspecified atom stereocenters. The molecule has 0 aliphatic heterocycles. The van der Waals surface area contributed by atoms with E-state index in [1.54, 1.807) is 36.4 Å². The van der Waals surface area contributed by atoms with Crippen molar-refractivity contribution in [2.24, 2.45) is 10.2 Å². The molecule has 29 heavy (non-hydrogen) atoms. The van der Waals surface area contributed by atoms with Crippen LogP contribution >= 0.6 is 27.3 Å². The number of azo groups is 1. The van der Waals surface area contributed by atoms with E-state index in [1.807, 2.05) is 12.1 Å². The Bertz CT molecular complexity index is 1200. The van der Waals surface area contributed by atoms with Gasteiger partial charge in [0.15, 0.2) is 10.8 Å². The second kappa shape index (κ2) is 7.27. The number of hydrogen-bond acceptors (Lipinski definition) is 5. The molecular weight excluding hydrogens is 469 g/mol. The first kappa shape index (κ1) is 19.6. The quantitative estimate of drug-likeness (QED) is 0.312. The first-order valence-corrected chi connectivity index (χ1v) is 9.91. The number of hydrogen-bond donors (Lipinski definition) is 1. The first-order valence-electron chi connectivity index (χ1n) is 8.30. The van der Waals surface area contributed by atoms with Crippen molar-refractivity contribution in [3.63, 3.8) is 0 Å². The molecule has 0 atom stereocenters. The van der Waals surface area contributed by atoms with E-state index in [0.717, 1.165) is 13.7 Å². The Morgan fingerprint density at radius 1 is 1.07 bits per heavy atom. The molecule has 2 heterocycles. The lowest BCUT2D eigenvalue weighted by atomic mass is 10.2. The average Bonchev–Trinajstić information content (AvgIpc) is 3.18. The van der Waals surface area contributed by atoms with E-state index in [0.29, 0.717) is 11.2 Å². The predicted molar refractivity (Wildman–Crippen MR) is 109 cm³/mol. The first-order chi connectivity index (χ1) is 13.8. The summed E-state index contributed by atoms with van der Waals surface area (Å²) in [6.07, 6.45) is -4.72. The van der Waals surface area contributed by atoms with Crippen LogP contribution in [0.15, 0.2) is 63.2 Å². The Kier molecular flexibility index (Phi) is 4.91. The van der Waals surface area contributed by atoms with Crippen LogP contribution in [0.25, 0.3) is 15.3 Å². The summed E-state index contributed by atoms with van der Waals surface area (Å²) in [6.45, 7) is 1.27. The third-order valence-corrected chi connectivity index (χ3v) is 5.76. The molecule has 2 aromatic carbocycles. The van der Waals surface area contributed by atoms with Gasteiger partial charge < -0.3 is 5.11 Å². The summed E-state index contributed by atoms with van der Waals surface area (Å²) in [5.41, 5.74) is -0.913. The zero-order chi connectivity index (χ0) is 20.8. The van der Waals surface area contributed by atoms with Crippen LogP contribution in [0.4, 0.5) is 24.5 Å². The van der Waals surface area contributed by atoms with Crippen LogP contribution in [0.3, 0.4) is 0 Å². The van der Waals surface area contributed by atoms with Gasteiger partial charge in [-0.1, -0.05) is 39.4 Å². The fourth-order valence-electron chi connectivity index (χ4n) is 2.90. The Morgan fingerprint density at radius 2 is 1.76 bits per heavy atom. The molecule has 148 valence electrons. The Balaban J connectivity index is 1.88. The second-order valence-corrected chi connectivity index (χ2v) is 8.03. The number of rotatable bonds is 3. The van der Waals surface area contributed by atoms with Crippen LogP contribution in [0.1, 0.15) is 11.3 Å². The SMILES string of the molecule is Cc1c(C(F)(F)F)c(N=Nc2ccc(Br)cc2)c(O)n1-c1nc2ccccc2s1. The number of para-hydroxylation sites is 1. The van der Waals surface area contributed by atoms with Crippen molar-refractivity contribution in [2.45, 2.75) is 13.1 Å². The maximum atomic E-state index is 13.8.